The van der Waals surface area contributed by atoms with E-state index in [0.717, 1.165) is 22.6 Å². The van der Waals surface area contributed by atoms with Crippen molar-refractivity contribution in [3.63, 3.8) is 0 Å². The van der Waals surface area contributed by atoms with Crippen LogP contribution in [0.4, 0.5) is 4.39 Å². The van der Waals surface area contributed by atoms with Crippen LogP contribution in [0.15, 0.2) is 30.3 Å². The Balaban J connectivity index is 2.17. The van der Waals surface area contributed by atoms with E-state index in [4.69, 9.17) is 0 Å². The van der Waals surface area contributed by atoms with Gasteiger partial charge in [0.05, 0.1) is 17.9 Å². The summed E-state index contributed by atoms with van der Waals surface area (Å²) in [4.78, 5) is 25.9. The normalized spacial score (nSPS) is 11.2. The number of halogens is 1. The van der Waals surface area contributed by atoms with Crippen LogP contribution in [0.3, 0.4) is 0 Å². The Morgan fingerprint density at radius 3 is 2.46 bits per heavy atom. The van der Waals surface area contributed by atoms with E-state index >= 15 is 0 Å². The monoisotopic (exact) mass is 386 g/mol. The van der Waals surface area contributed by atoms with Crippen LogP contribution < -0.4 is 5.32 Å². The summed E-state index contributed by atoms with van der Waals surface area (Å²) in [5.74, 6) is -0.734. The summed E-state index contributed by atoms with van der Waals surface area (Å²) in [6, 6.07) is 6.09. The maximum atomic E-state index is 13.2. The van der Waals surface area contributed by atoms with E-state index in [1.165, 1.54) is 23.1 Å². The molecule has 7 heteroatoms. The van der Waals surface area contributed by atoms with Gasteiger partial charge in [0.2, 0.25) is 11.8 Å². The van der Waals surface area contributed by atoms with Crippen molar-refractivity contribution in [3.05, 3.63) is 53.1 Å². The zero-order chi connectivity index (χ0) is 20.8. The minimum Gasteiger partial charge on any atom is -0.352 e. The number of benzene rings is 1. The molecule has 0 unspecified atom stereocenters. The molecule has 2 aromatic rings. The first-order chi connectivity index (χ1) is 13.2. The molecule has 1 aromatic heterocycles. The number of nitrogens with one attached hydrogen (secondary N) is 1. The average Bonchev–Trinajstić information content (AvgIpc) is 2.91. The number of aromatic nitrogens is 2. The fourth-order valence-corrected chi connectivity index (χ4v) is 2.88. The highest BCUT2D eigenvalue weighted by Gasteiger charge is 2.15. The largest absolute Gasteiger partial charge is 0.352 e. The van der Waals surface area contributed by atoms with E-state index in [2.05, 4.69) is 10.4 Å². The highest BCUT2D eigenvalue weighted by atomic mass is 19.1. The molecule has 1 aromatic carbocycles. The van der Waals surface area contributed by atoms with Crippen LogP contribution in [0.5, 0.6) is 0 Å². The fraction of sp³-hybridized carbons (Fsp3) is 0.381. The molecule has 0 spiro atoms. The number of hydrogen-bond donors (Lipinski definition) is 1. The lowest BCUT2D eigenvalue weighted by atomic mass is 10.1. The fourth-order valence-electron chi connectivity index (χ4n) is 2.88. The molecular formula is C21H27FN4O2. The lowest BCUT2D eigenvalue weighted by Gasteiger charge is -2.19. The molecule has 0 saturated carbocycles. The van der Waals surface area contributed by atoms with Crippen molar-refractivity contribution >= 4 is 17.9 Å². The van der Waals surface area contributed by atoms with Crippen molar-refractivity contribution in [2.75, 3.05) is 13.1 Å². The minimum atomic E-state index is -0.308. The van der Waals surface area contributed by atoms with E-state index in [1.54, 1.807) is 22.9 Å². The van der Waals surface area contributed by atoms with Gasteiger partial charge in [-0.2, -0.15) is 5.10 Å². The van der Waals surface area contributed by atoms with Gasteiger partial charge in [-0.05, 0) is 65.0 Å². The van der Waals surface area contributed by atoms with Crippen LogP contribution >= 0.6 is 0 Å². The Bertz CT molecular complexity index is 869. The van der Waals surface area contributed by atoms with Crippen LogP contribution in [0, 0.1) is 19.7 Å². The first kappa shape index (κ1) is 21.3. The number of carbonyl (C=O) groups is 2. The molecule has 0 aliphatic carbocycles. The molecule has 0 radical (unpaired) electrons. The van der Waals surface area contributed by atoms with E-state index < -0.39 is 0 Å². The highest BCUT2D eigenvalue weighted by Crippen LogP contribution is 2.19. The van der Waals surface area contributed by atoms with Crippen molar-refractivity contribution in [2.45, 2.75) is 40.7 Å². The Hall–Kier alpha value is -2.96. The van der Waals surface area contributed by atoms with Gasteiger partial charge in [0, 0.05) is 29.9 Å². The third-order valence-corrected chi connectivity index (χ3v) is 4.29. The maximum Gasteiger partial charge on any atom is 0.247 e. The van der Waals surface area contributed by atoms with Crippen LogP contribution in [0.1, 0.15) is 37.7 Å². The second-order valence-electron chi connectivity index (χ2n) is 6.88. The lowest BCUT2D eigenvalue weighted by Crippen LogP contribution is -2.42. The molecule has 150 valence electrons. The highest BCUT2D eigenvalue weighted by molar-refractivity contribution is 5.94. The molecule has 0 saturated heterocycles. The summed E-state index contributed by atoms with van der Waals surface area (Å²) in [5.41, 5.74) is 3.16. The summed E-state index contributed by atoms with van der Waals surface area (Å²) < 4.78 is 14.9. The molecule has 0 fully saturated rings. The van der Waals surface area contributed by atoms with Crippen molar-refractivity contribution in [3.8, 4) is 5.69 Å². The summed E-state index contributed by atoms with van der Waals surface area (Å²) in [6.45, 7) is 9.77. The summed E-state index contributed by atoms with van der Waals surface area (Å²) in [7, 11) is 0. The summed E-state index contributed by atoms with van der Waals surface area (Å²) >= 11 is 0. The smallest absolute Gasteiger partial charge is 0.247 e. The molecule has 6 nitrogen and oxygen atoms in total. The first-order valence-electron chi connectivity index (χ1n) is 9.31. The molecule has 0 atom stereocenters. The SMILES string of the molecule is CCN(CC(=O)NC(C)C)C(=O)/C=C/c1c(C)nn(-c2ccc(F)cc2)c1C. The van der Waals surface area contributed by atoms with Gasteiger partial charge in [0.1, 0.15) is 5.82 Å². The molecule has 2 rings (SSSR count). The minimum absolute atomic E-state index is 0.0185. The molecular weight excluding hydrogens is 359 g/mol. The second kappa shape index (κ2) is 9.30. The first-order valence-corrected chi connectivity index (χ1v) is 9.31. The number of amides is 2. The number of nitrogens with zero attached hydrogens (tertiary/aromatic N) is 3. The number of hydrogen-bond acceptors (Lipinski definition) is 3. The second-order valence-corrected chi connectivity index (χ2v) is 6.88. The van der Waals surface area contributed by atoms with Crippen LogP contribution in [-0.2, 0) is 9.59 Å². The van der Waals surface area contributed by atoms with Crippen molar-refractivity contribution < 1.29 is 14.0 Å². The lowest BCUT2D eigenvalue weighted by molar-refractivity contribution is -0.132. The predicted octanol–water partition coefficient (Wildman–Crippen LogP) is 3.01. The summed E-state index contributed by atoms with van der Waals surface area (Å²) in [6.07, 6.45) is 3.17. The van der Waals surface area contributed by atoms with Crippen LogP contribution in [0.2, 0.25) is 0 Å². The van der Waals surface area contributed by atoms with Crippen molar-refractivity contribution in [1.29, 1.82) is 0 Å². The number of aryl methyl sites for hydroxylation is 1. The molecule has 28 heavy (non-hydrogen) atoms. The number of likely N-dealkylation sites (N-methyl/N-ethyl adjacent to an activating group) is 1. The predicted molar refractivity (Wildman–Crippen MR) is 108 cm³/mol. The molecule has 2 amide bonds. The standard InChI is InChI=1S/C21H27FN4O2/c1-6-25(13-20(27)23-14(2)3)21(28)12-11-19-15(4)24-26(16(19)5)18-9-7-17(22)8-10-18/h7-12,14H,6,13H2,1-5H3,(H,23,27)/b12-11+. The third kappa shape index (κ3) is 5.28. The van der Waals surface area contributed by atoms with Gasteiger partial charge >= 0.3 is 0 Å². The van der Waals surface area contributed by atoms with E-state index in [9.17, 15) is 14.0 Å². The molecule has 1 heterocycles. The summed E-state index contributed by atoms with van der Waals surface area (Å²) in [5, 5.41) is 7.27. The maximum absolute atomic E-state index is 13.2. The van der Waals surface area contributed by atoms with E-state index in [1.807, 2.05) is 34.6 Å². The molecule has 1 N–H and O–H groups in total. The quantitative estimate of drug-likeness (QED) is 0.744. The van der Waals surface area contributed by atoms with E-state index in [0.29, 0.717) is 6.54 Å². The average molecular weight is 386 g/mol. The zero-order valence-electron chi connectivity index (χ0n) is 17.0. The number of rotatable bonds is 7. The Kier molecular flexibility index (Phi) is 7.09. The molecule has 0 aliphatic heterocycles. The van der Waals surface area contributed by atoms with Gasteiger partial charge in [-0.3, -0.25) is 9.59 Å². The Labute approximate surface area is 165 Å². The van der Waals surface area contributed by atoms with Gasteiger partial charge in [0.15, 0.2) is 0 Å². The van der Waals surface area contributed by atoms with Crippen LogP contribution in [-0.4, -0.2) is 45.6 Å². The number of carbonyl (C=O) groups excluding carboxylic acids is 2. The van der Waals surface area contributed by atoms with Crippen molar-refractivity contribution in [1.82, 2.24) is 20.0 Å². The Morgan fingerprint density at radius 2 is 1.89 bits per heavy atom. The third-order valence-electron chi connectivity index (χ3n) is 4.29. The van der Waals surface area contributed by atoms with Crippen LogP contribution in [0.25, 0.3) is 11.8 Å². The Morgan fingerprint density at radius 1 is 1.25 bits per heavy atom. The van der Waals surface area contributed by atoms with Gasteiger partial charge in [-0.15, -0.1) is 0 Å². The molecule has 0 aliphatic rings. The zero-order valence-corrected chi connectivity index (χ0v) is 17.0. The van der Waals surface area contributed by atoms with Gasteiger partial charge in [-0.1, -0.05) is 0 Å². The molecule has 0 bridgehead atoms. The van der Waals surface area contributed by atoms with Gasteiger partial charge < -0.3 is 10.2 Å². The topological polar surface area (TPSA) is 67.2 Å². The van der Waals surface area contributed by atoms with E-state index in [-0.39, 0.29) is 30.2 Å². The van der Waals surface area contributed by atoms with Crippen molar-refractivity contribution in [2.24, 2.45) is 0 Å². The van der Waals surface area contributed by atoms with Gasteiger partial charge in [0.25, 0.3) is 0 Å². The van der Waals surface area contributed by atoms with Gasteiger partial charge in [-0.25, -0.2) is 9.07 Å².